The molecule has 0 saturated carbocycles. The van der Waals surface area contributed by atoms with E-state index in [1.807, 2.05) is 0 Å². The van der Waals surface area contributed by atoms with Gasteiger partial charge >= 0.3 is 0 Å². The maximum Gasteiger partial charge on any atom is -0.00484 e. The SMILES string of the molecule is [CH2]CNCCCCCCCCCCCCCCCCCCCCCCCCCCCCCCCCCCCCCCCCCCCC. The fraction of sp³-hybridized carbons (Fsp3) is 0.978. The second kappa shape index (κ2) is 46.0. The molecule has 0 atom stereocenters. The van der Waals surface area contributed by atoms with Crippen LogP contribution in [0.15, 0.2) is 0 Å². The van der Waals surface area contributed by atoms with Crippen LogP contribution in [0.1, 0.15) is 277 Å². The first-order valence-electron chi connectivity index (χ1n) is 22.9. The first-order valence-corrected chi connectivity index (χ1v) is 22.9. The van der Waals surface area contributed by atoms with E-state index in [4.69, 9.17) is 0 Å². The molecule has 0 rings (SSSR count). The van der Waals surface area contributed by atoms with Crippen LogP contribution in [0, 0.1) is 6.92 Å². The summed E-state index contributed by atoms with van der Waals surface area (Å²) in [5.74, 6) is 0. The van der Waals surface area contributed by atoms with Crippen molar-refractivity contribution in [3.05, 3.63) is 6.92 Å². The van der Waals surface area contributed by atoms with Crippen LogP contribution in [0.2, 0.25) is 0 Å². The van der Waals surface area contributed by atoms with Crippen molar-refractivity contribution in [3.63, 3.8) is 0 Å². The van der Waals surface area contributed by atoms with Crippen LogP contribution in [-0.4, -0.2) is 13.1 Å². The minimum atomic E-state index is 0.875. The Kier molecular flexibility index (Phi) is 45.9. The van der Waals surface area contributed by atoms with Gasteiger partial charge in [-0.1, -0.05) is 270 Å². The van der Waals surface area contributed by atoms with E-state index in [1.54, 1.807) is 0 Å². The average Bonchev–Trinajstić information content (AvgIpc) is 3.08. The van der Waals surface area contributed by atoms with Gasteiger partial charge in [-0.05, 0) is 26.4 Å². The van der Waals surface area contributed by atoms with Crippen molar-refractivity contribution in [2.75, 3.05) is 13.1 Å². The van der Waals surface area contributed by atoms with Gasteiger partial charge in [0.15, 0.2) is 0 Å². The standard InChI is InChI=1S/C46H94N/c1-3-5-6-7-8-9-10-11-12-13-14-15-16-17-18-19-20-21-22-23-24-25-26-27-28-29-30-31-32-33-34-35-36-37-38-39-40-41-42-43-44-45-46-47-4-2/h47H,2-46H2,1H3. The van der Waals surface area contributed by atoms with Crippen molar-refractivity contribution < 1.29 is 0 Å². The van der Waals surface area contributed by atoms with Crippen LogP contribution in [0.5, 0.6) is 0 Å². The zero-order valence-electron chi connectivity index (χ0n) is 33.3. The smallest absolute Gasteiger partial charge is 0.00484 e. The quantitative estimate of drug-likeness (QED) is 0.0641. The molecule has 1 heteroatoms. The molecule has 0 aromatic heterocycles. The summed E-state index contributed by atoms with van der Waals surface area (Å²) in [5.41, 5.74) is 0. The fourth-order valence-corrected chi connectivity index (χ4v) is 7.52. The summed E-state index contributed by atoms with van der Waals surface area (Å²) in [5, 5.41) is 3.32. The van der Waals surface area contributed by atoms with E-state index in [2.05, 4.69) is 19.2 Å². The second-order valence-electron chi connectivity index (χ2n) is 15.7. The fourth-order valence-electron chi connectivity index (χ4n) is 7.52. The number of rotatable bonds is 44. The third kappa shape index (κ3) is 46.0. The average molecular weight is 661 g/mol. The molecular formula is C46H94N. The van der Waals surface area contributed by atoms with Crippen LogP contribution in [0.4, 0.5) is 0 Å². The minimum absolute atomic E-state index is 0.875. The summed E-state index contributed by atoms with van der Waals surface area (Å²) in [6.45, 7) is 8.17. The molecule has 1 radical (unpaired) electrons. The van der Waals surface area contributed by atoms with Crippen LogP contribution in [0.3, 0.4) is 0 Å². The molecule has 0 aliphatic rings. The summed E-state index contributed by atoms with van der Waals surface area (Å²) >= 11 is 0. The molecule has 283 valence electrons. The molecule has 0 unspecified atom stereocenters. The Bertz CT molecular complexity index is 457. The van der Waals surface area contributed by atoms with Crippen LogP contribution in [-0.2, 0) is 0 Å². The molecule has 0 heterocycles. The number of nitrogens with one attached hydrogen (secondary N) is 1. The Balaban J connectivity index is 3.03. The number of hydrogen-bond donors (Lipinski definition) is 1. The zero-order chi connectivity index (χ0) is 33.8. The third-order valence-corrected chi connectivity index (χ3v) is 10.9. The molecule has 1 nitrogen and oxygen atoms in total. The molecule has 0 amide bonds. The van der Waals surface area contributed by atoms with E-state index < -0.39 is 0 Å². The summed E-state index contributed by atoms with van der Waals surface area (Å²) < 4.78 is 0. The van der Waals surface area contributed by atoms with Crippen molar-refractivity contribution in [2.45, 2.75) is 277 Å². The topological polar surface area (TPSA) is 12.0 Å². The lowest BCUT2D eigenvalue weighted by molar-refractivity contribution is 0.509. The largest absolute Gasteiger partial charge is 0.317 e. The molecule has 0 aromatic rings. The van der Waals surface area contributed by atoms with Crippen LogP contribution in [0.25, 0.3) is 0 Å². The molecular weight excluding hydrogens is 567 g/mol. The van der Waals surface area contributed by atoms with Gasteiger partial charge in [0.2, 0.25) is 0 Å². The highest BCUT2D eigenvalue weighted by molar-refractivity contribution is 4.54. The lowest BCUT2D eigenvalue weighted by atomic mass is 10.0. The maximum absolute atomic E-state index is 3.82. The molecule has 0 aliphatic carbocycles. The summed E-state index contributed by atoms with van der Waals surface area (Å²) in [7, 11) is 0. The third-order valence-electron chi connectivity index (χ3n) is 10.9. The van der Waals surface area contributed by atoms with Crippen molar-refractivity contribution in [1.29, 1.82) is 0 Å². The Morgan fingerprint density at radius 3 is 0.532 bits per heavy atom. The van der Waals surface area contributed by atoms with Crippen molar-refractivity contribution in [2.24, 2.45) is 0 Å². The van der Waals surface area contributed by atoms with Gasteiger partial charge in [0, 0.05) is 0 Å². The van der Waals surface area contributed by atoms with Gasteiger partial charge < -0.3 is 5.32 Å². The van der Waals surface area contributed by atoms with E-state index >= 15 is 0 Å². The Morgan fingerprint density at radius 1 is 0.234 bits per heavy atom. The van der Waals surface area contributed by atoms with Gasteiger partial charge in [-0.25, -0.2) is 0 Å². The molecule has 0 spiro atoms. The first-order chi connectivity index (χ1) is 23.4. The first kappa shape index (κ1) is 47.0. The van der Waals surface area contributed by atoms with Gasteiger partial charge in [0.05, 0.1) is 0 Å². The summed E-state index contributed by atoms with van der Waals surface area (Å²) in [6.07, 6.45) is 62.0. The van der Waals surface area contributed by atoms with Crippen molar-refractivity contribution in [3.8, 4) is 0 Å². The van der Waals surface area contributed by atoms with Gasteiger partial charge in [-0.3, -0.25) is 0 Å². The van der Waals surface area contributed by atoms with E-state index in [0.29, 0.717) is 0 Å². The Hall–Kier alpha value is -0.0400. The second-order valence-corrected chi connectivity index (χ2v) is 15.7. The highest BCUT2D eigenvalue weighted by Gasteiger charge is 1.98. The number of hydrogen-bond acceptors (Lipinski definition) is 1. The highest BCUT2D eigenvalue weighted by atomic mass is 14.8. The zero-order valence-corrected chi connectivity index (χ0v) is 33.3. The van der Waals surface area contributed by atoms with Crippen LogP contribution < -0.4 is 5.32 Å². The molecule has 1 N–H and O–H groups in total. The molecule has 0 aromatic carbocycles. The molecule has 0 aliphatic heterocycles. The predicted molar refractivity (Wildman–Crippen MR) is 218 cm³/mol. The van der Waals surface area contributed by atoms with Crippen molar-refractivity contribution >= 4 is 0 Å². The van der Waals surface area contributed by atoms with E-state index in [0.717, 1.165) is 13.1 Å². The van der Waals surface area contributed by atoms with Crippen molar-refractivity contribution in [1.82, 2.24) is 5.32 Å². The summed E-state index contributed by atoms with van der Waals surface area (Å²) in [4.78, 5) is 0. The van der Waals surface area contributed by atoms with Gasteiger partial charge in [-0.2, -0.15) is 0 Å². The van der Waals surface area contributed by atoms with Gasteiger partial charge in [0.25, 0.3) is 0 Å². The predicted octanol–water partition coefficient (Wildman–Crippen LogP) is 16.8. The van der Waals surface area contributed by atoms with E-state index in [9.17, 15) is 0 Å². The number of unbranched alkanes of at least 4 members (excludes halogenated alkanes) is 41. The molecule has 47 heavy (non-hydrogen) atoms. The molecule has 0 fully saturated rings. The van der Waals surface area contributed by atoms with E-state index in [1.165, 1.54) is 270 Å². The molecule has 0 saturated heterocycles. The summed E-state index contributed by atoms with van der Waals surface area (Å²) in [6, 6.07) is 0. The normalized spacial score (nSPS) is 11.6. The lowest BCUT2D eigenvalue weighted by Crippen LogP contribution is -2.13. The highest BCUT2D eigenvalue weighted by Crippen LogP contribution is 2.18. The maximum atomic E-state index is 3.82. The van der Waals surface area contributed by atoms with Gasteiger partial charge in [0.1, 0.15) is 0 Å². The van der Waals surface area contributed by atoms with Gasteiger partial charge in [-0.15, -0.1) is 0 Å². The lowest BCUT2D eigenvalue weighted by Gasteiger charge is -2.05. The van der Waals surface area contributed by atoms with Crippen LogP contribution >= 0.6 is 0 Å². The Morgan fingerprint density at radius 2 is 0.383 bits per heavy atom. The Labute approximate surface area is 301 Å². The van der Waals surface area contributed by atoms with E-state index in [-0.39, 0.29) is 0 Å². The monoisotopic (exact) mass is 661 g/mol. The molecule has 0 bridgehead atoms. The minimum Gasteiger partial charge on any atom is -0.317 e.